The zero-order chi connectivity index (χ0) is 14.7. The molecule has 0 fully saturated rings. The van der Waals surface area contributed by atoms with E-state index in [1.165, 1.54) is 7.11 Å². The van der Waals surface area contributed by atoms with Crippen molar-refractivity contribution in [2.75, 3.05) is 7.11 Å². The van der Waals surface area contributed by atoms with Crippen molar-refractivity contribution in [3.63, 3.8) is 0 Å². The highest BCUT2D eigenvalue weighted by molar-refractivity contribution is 6.31. The third-order valence-electron chi connectivity index (χ3n) is 3.36. The van der Waals surface area contributed by atoms with Crippen LogP contribution in [0, 0.1) is 13.8 Å². The van der Waals surface area contributed by atoms with Crippen molar-refractivity contribution in [2.45, 2.75) is 26.8 Å². The summed E-state index contributed by atoms with van der Waals surface area (Å²) in [5.74, 6) is -0.256. The highest BCUT2D eigenvalue weighted by Crippen LogP contribution is 2.19. The van der Waals surface area contributed by atoms with Gasteiger partial charge in [-0.2, -0.15) is 5.10 Å². The van der Waals surface area contributed by atoms with Gasteiger partial charge in [0.25, 0.3) is 0 Å². The van der Waals surface area contributed by atoms with Gasteiger partial charge in [-0.05, 0) is 25.5 Å². The number of nitrogens with zero attached hydrogens (tertiary/aromatic N) is 2. The van der Waals surface area contributed by atoms with Crippen LogP contribution in [-0.4, -0.2) is 22.9 Å². The molecule has 0 radical (unpaired) electrons. The predicted octanol–water partition coefficient (Wildman–Crippen LogP) is 2.92. The van der Waals surface area contributed by atoms with Crippen LogP contribution in [-0.2, 0) is 22.5 Å². The number of aromatic nitrogens is 2. The normalized spacial score (nSPS) is 10.6. The molecule has 0 saturated heterocycles. The van der Waals surface area contributed by atoms with Crippen molar-refractivity contribution in [1.82, 2.24) is 9.78 Å². The van der Waals surface area contributed by atoms with E-state index in [2.05, 4.69) is 5.10 Å². The molecule has 2 aromatic rings. The van der Waals surface area contributed by atoms with Crippen molar-refractivity contribution in [3.05, 3.63) is 51.8 Å². The first-order valence-electron chi connectivity index (χ1n) is 6.36. The number of methoxy groups -OCH3 is 1. The predicted molar refractivity (Wildman–Crippen MR) is 78.0 cm³/mol. The number of ether oxygens (including phenoxy) is 1. The largest absolute Gasteiger partial charge is 0.469 e. The standard InChI is InChI=1S/C15H17ClN2O2/c1-10-13(8-15(19)20-3)11(2)18(17-10)9-12-6-4-5-7-14(12)16/h4-7H,8-9H2,1-3H3. The van der Waals surface area contributed by atoms with E-state index < -0.39 is 0 Å². The van der Waals surface area contributed by atoms with Crippen LogP contribution in [0.3, 0.4) is 0 Å². The van der Waals surface area contributed by atoms with Gasteiger partial charge in [-0.1, -0.05) is 29.8 Å². The molecule has 1 heterocycles. The summed E-state index contributed by atoms with van der Waals surface area (Å²) in [5, 5.41) is 5.20. The Morgan fingerprint density at radius 2 is 2.05 bits per heavy atom. The Labute approximate surface area is 123 Å². The third-order valence-corrected chi connectivity index (χ3v) is 3.73. The van der Waals surface area contributed by atoms with Gasteiger partial charge in [0.2, 0.25) is 0 Å². The van der Waals surface area contributed by atoms with Crippen molar-refractivity contribution >= 4 is 17.6 Å². The molecule has 20 heavy (non-hydrogen) atoms. The van der Waals surface area contributed by atoms with E-state index in [1.54, 1.807) is 0 Å². The number of carbonyl (C=O) groups excluding carboxylic acids is 1. The summed E-state index contributed by atoms with van der Waals surface area (Å²) in [6, 6.07) is 7.68. The minimum atomic E-state index is -0.256. The van der Waals surface area contributed by atoms with E-state index in [-0.39, 0.29) is 12.4 Å². The molecule has 0 aliphatic heterocycles. The number of carbonyl (C=O) groups is 1. The van der Waals surface area contributed by atoms with Crippen molar-refractivity contribution in [1.29, 1.82) is 0 Å². The van der Waals surface area contributed by atoms with E-state index >= 15 is 0 Å². The van der Waals surface area contributed by atoms with Crippen LogP contribution in [0.15, 0.2) is 24.3 Å². The maximum absolute atomic E-state index is 11.4. The number of esters is 1. The van der Waals surface area contributed by atoms with Gasteiger partial charge in [0.15, 0.2) is 0 Å². The molecule has 1 aromatic carbocycles. The Morgan fingerprint density at radius 1 is 1.35 bits per heavy atom. The quantitative estimate of drug-likeness (QED) is 0.814. The summed E-state index contributed by atoms with van der Waals surface area (Å²) in [6.07, 6.45) is 0.247. The molecule has 0 amide bonds. The van der Waals surface area contributed by atoms with Crippen LogP contribution < -0.4 is 0 Å². The molecule has 0 unspecified atom stereocenters. The highest BCUT2D eigenvalue weighted by atomic mass is 35.5. The van der Waals surface area contributed by atoms with Gasteiger partial charge in [0, 0.05) is 16.3 Å². The maximum Gasteiger partial charge on any atom is 0.310 e. The van der Waals surface area contributed by atoms with Crippen molar-refractivity contribution < 1.29 is 9.53 Å². The van der Waals surface area contributed by atoms with Gasteiger partial charge < -0.3 is 4.74 Å². The monoisotopic (exact) mass is 292 g/mol. The van der Waals surface area contributed by atoms with Gasteiger partial charge in [-0.25, -0.2) is 0 Å². The van der Waals surface area contributed by atoms with Gasteiger partial charge in [0.05, 0.1) is 25.8 Å². The van der Waals surface area contributed by atoms with Gasteiger partial charge in [-0.3, -0.25) is 9.48 Å². The summed E-state index contributed by atoms with van der Waals surface area (Å²) >= 11 is 6.16. The van der Waals surface area contributed by atoms with Gasteiger partial charge in [-0.15, -0.1) is 0 Å². The second-order valence-electron chi connectivity index (χ2n) is 4.65. The van der Waals surface area contributed by atoms with Crippen LogP contribution >= 0.6 is 11.6 Å². The molecule has 1 aromatic heterocycles. The van der Waals surface area contributed by atoms with Crippen molar-refractivity contribution in [2.24, 2.45) is 0 Å². The summed E-state index contributed by atoms with van der Waals surface area (Å²) in [7, 11) is 1.39. The summed E-state index contributed by atoms with van der Waals surface area (Å²) in [6.45, 7) is 4.44. The molecule has 4 nitrogen and oxygen atoms in total. The van der Waals surface area contributed by atoms with E-state index in [1.807, 2.05) is 42.8 Å². The Hall–Kier alpha value is -1.81. The lowest BCUT2D eigenvalue weighted by molar-refractivity contribution is -0.139. The zero-order valence-electron chi connectivity index (χ0n) is 11.8. The lowest BCUT2D eigenvalue weighted by Crippen LogP contribution is -2.08. The minimum absolute atomic E-state index is 0.247. The second kappa shape index (κ2) is 6.09. The Morgan fingerprint density at radius 3 is 2.70 bits per heavy atom. The fourth-order valence-electron chi connectivity index (χ4n) is 2.15. The van der Waals surface area contributed by atoms with Crippen LogP contribution in [0.4, 0.5) is 0 Å². The molecular weight excluding hydrogens is 276 g/mol. The molecule has 0 aliphatic rings. The fraction of sp³-hybridized carbons (Fsp3) is 0.333. The van der Waals surface area contributed by atoms with Gasteiger partial charge >= 0.3 is 5.97 Å². The summed E-state index contributed by atoms with van der Waals surface area (Å²) in [5.41, 5.74) is 3.74. The van der Waals surface area contributed by atoms with Crippen LogP contribution in [0.5, 0.6) is 0 Å². The SMILES string of the molecule is COC(=O)Cc1c(C)nn(Cc2ccccc2Cl)c1C. The number of halogens is 1. The molecule has 0 bridgehead atoms. The van der Waals surface area contributed by atoms with E-state index in [0.29, 0.717) is 6.54 Å². The number of aryl methyl sites for hydroxylation is 1. The number of hydrogen-bond acceptors (Lipinski definition) is 3. The molecule has 2 rings (SSSR count). The highest BCUT2D eigenvalue weighted by Gasteiger charge is 2.15. The van der Waals surface area contributed by atoms with E-state index in [9.17, 15) is 4.79 Å². The zero-order valence-corrected chi connectivity index (χ0v) is 12.6. The molecule has 0 spiro atoms. The topological polar surface area (TPSA) is 44.1 Å². The average molecular weight is 293 g/mol. The molecule has 0 atom stereocenters. The van der Waals surface area contributed by atoms with Crippen molar-refractivity contribution in [3.8, 4) is 0 Å². The first-order valence-corrected chi connectivity index (χ1v) is 6.73. The molecule has 0 aliphatic carbocycles. The Balaban J connectivity index is 2.28. The fourth-order valence-corrected chi connectivity index (χ4v) is 2.34. The van der Waals surface area contributed by atoms with E-state index in [0.717, 1.165) is 27.5 Å². The van der Waals surface area contributed by atoms with Crippen LogP contribution in [0.1, 0.15) is 22.5 Å². The maximum atomic E-state index is 11.4. The minimum Gasteiger partial charge on any atom is -0.469 e. The average Bonchev–Trinajstić information content (AvgIpc) is 2.69. The summed E-state index contributed by atoms with van der Waals surface area (Å²) in [4.78, 5) is 11.4. The number of benzene rings is 1. The molecule has 0 saturated carbocycles. The van der Waals surface area contributed by atoms with E-state index in [4.69, 9.17) is 16.3 Å². The lowest BCUT2D eigenvalue weighted by Gasteiger charge is -2.07. The molecule has 106 valence electrons. The Bertz CT molecular complexity index is 635. The van der Waals surface area contributed by atoms with Crippen LogP contribution in [0.25, 0.3) is 0 Å². The summed E-state index contributed by atoms with van der Waals surface area (Å²) < 4.78 is 6.58. The van der Waals surface area contributed by atoms with Gasteiger partial charge in [0.1, 0.15) is 0 Å². The number of rotatable bonds is 4. The smallest absolute Gasteiger partial charge is 0.310 e. The van der Waals surface area contributed by atoms with Crippen LogP contribution in [0.2, 0.25) is 5.02 Å². The number of hydrogen-bond donors (Lipinski definition) is 0. The first kappa shape index (κ1) is 14.6. The molecular formula is C15H17ClN2O2. The second-order valence-corrected chi connectivity index (χ2v) is 5.06. The molecule has 5 heteroatoms. The first-order chi connectivity index (χ1) is 9.52. The Kier molecular flexibility index (Phi) is 4.45. The molecule has 0 N–H and O–H groups in total. The lowest BCUT2D eigenvalue weighted by atomic mass is 10.1. The third kappa shape index (κ3) is 3.02.